The van der Waals surface area contributed by atoms with Gasteiger partial charge in [0.25, 0.3) is 11.8 Å². The summed E-state index contributed by atoms with van der Waals surface area (Å²) in [4.78, 5) is 23.9. The molecule has 5 heteroatoms. The topological polar surface area (TPSA) is 58.2 Å². The minimum Gasteiger partial charge on any atom is -0.349 e. The molecule has 2 N–H and O–H groups in total. The number of rotatable bonds is 5. The highest BCUT2D eigenvalue weighted by atomic mass is 19.1. The predicted octanol–water partition coefficient (Wildman–Crippen LogP) is 2.65. The second-order valence-corrected chi connectivity index (χ2v) is 5.63. The molecule has 2 aromatic rings. The molecule has 0 spiro atoms. The first-order valence-electron chi connectivity index (χ1n) is 7.55. The molecule has 0 saturated heterocycles. The molecular weight excluding hydrogens is 295 g/mol. The van der Waals surface area contributed by atoms with Gasteiger partial charge >= 0.3 is 0 Å². The Hall–Kier alpha value is -2.69. The van der Waals surface area contributed by atoms with Gasteiger partial charge in [-0.25, -0.2) is 4.39 Å². The van der Waals surface area contributed by atoms with E-state index in [9.17, 15) is 14.0 Å². The van der Waals surface area contributed by atoms with E-state index in [1.807, 2.05) is 0 Å². The van der Waals surface area contributed by atoms with Crippen LogP contribution in [-0.2, 0) is 6.54 Å². The Morgan fingerprint density at radius 2 is 1.48 bits per heavy atom. The third-order valence-electron chi connectivity index (χ3n) is 3.69. The molecule has 0 heterocycles. The van der Waals surface area contributed by atoms with Gasteiger partial charge in [0.2, 0.25) is 0 Å². The number of carbonyl (C=O) groups is 2. The molecule has 4 nitrogen and oxygen atoms in total. The number of nitrogens with one attached hydrogen (secondary N) is 2. The maximum Gasteiger partial charge on any atom is 0.251 e. The van der Waals surface area contributed by atoms with E-state index in [0.29, 0.717) is 23.7 Å². The van der Waals surface area contributed by atoms with E-state index in [4.69, 9.17) is 0 Å². The second kappa shape index (κ2) is 6.60. The van der Waals surface area contributed by atoms with Gasteiger partial charge in [-0.15, -0.1) is 0 Å². The van der Waals surface area contributed by atoms with Crippen LogP contribution in [0.25, 0.3) is 0 Å². The summed E-state index contributed by atoms with van der Waals surface area (Å²) in [6.07, 6.45) is 2.07. The molecule has 1 aliphatic rings. The van der Waals surface area contributed by atoms with Crippen LogP contribution >= 0.6 is 0 Å². The molecule has 0 bridgehead atoms. The summed E-state index contributed by atoms with van der Waals surface area (Å²) in [5.41, 5.74) is 1.85. The van der Waals surface area contributed by atoms with Crippen molar-refractivity contribution in [2.75, 3.05) is 0 Å². The minimum atomic E-state index is -0.305. The average molecular weight is 312 g/mol. The van der Waals surface area contributed by atoms with Crippen molar-refractivity contribution in [3.63, 3.8) is 0 Å². The molecule has 0 radical (unpaired) electrons. The van der Waals surface area contributed by atoms with E-state index in [1.165, 1.54) is 12.1 Å². The quantitative estimate of drug-likeness (QED) is 0.892. The van der Waals surface area contributed by atoms with Crippen molar-refractivity contribution >= 4 is 11.8 Å². The van der Waals surface area contributed by atoms with Gasteiger partial charge in [0.05, 0.1) is 0 Å². The molecular formula is C18H17FN2O2. The third-order valence-corrected chi connectivity index (χ3v) is 3.69. The summed E-state index contributed by atoms with van der Waals surface area (Å²) in [6.45, 7) is 0.322. The number of benzene rings is 2. The first-order valence-corrected chi connectivity index (χ1v) is 7.55. The predicted molar refractivity (Wildman–Crippen MR) is 84.5 cm³/mol. The van der Waals surface area contributed by atoms with Crippen LogP contribution in [0.4, 0.5) is 4.39 Å². The molecule has 0 aliphatic heterocycles. The summed E-state index contributed by atoms with van der Waals surface area (Å²) in [5.74, 6) is -0.644. The number of carbonyl (C=O) groups excluding carboxylic acids is 2. The van der Waals surface area contributed by atoms with Crippen LogP contribution in [0.3, 0.4) is 0 Å². The fourth-order valence-electron chi connectivity index (χ4n) is 2.16. The first kappa shape index (κ1) is 15.2. The minimum absolute atomic E-state index is 0.106. The zero-order valence-electron chi connectivity index (χ0n) is 12.5. The maximum atomic E-state index is 12.8. The summed E-state index contributed by atoms with van der Waals surface area (Å²) < 4.78 is 12.8. The molecule has 1 aliphatic carbocycles. The molecule has 118 valence electrons. The van der Waals surface area contributed by atoms with Crippen molar-refractivity contribution < 1.29 is 14.0 Å². The Bertz CT molecular complexity index is 707. The Kier molecular flexibility index (Phi) is 4.37. The SMILES string of the molecule is O=C(NCc1ccc(F)cc1)c1ccc(C(=O)NC2CC2)cc1. The highest BCUT2D eigenvalue weighted by molar-refractivity contribution is 5.97. The lowest BCUT2D eigenvalue weighted by Crippen LogP contribution is -2.26. The standard InChI is InChI=1S/C18H17FN2O2/c19-15-7-1-12(2-8-15)11-20-17(22)13-3-5-14(6-4-13)18(23)21-16-9-10-16/h1-8,16H,9-11H2,(H,20,22)(H,21,23). The molecule has 2 aromatic carbocycles. The normalized spacial score (nSPS) is 13.4. The highest BCUT2D eigenvalue weighted by Crippen LogP contribution is 2.19. The first-order chi connectivity index (χ1) is 11.1. The van der Waals surface area contributed by atoms with Gasteiger partial charge < -0.3 is 10.6 Å². The number of halogens is 1. The summed E-state index contributed by atoms with van der Waals surface area (Å²) in [5, 5.41) is 5.66. The number of hydrogen-bond acceptors (Lipinski definition) is 2. The molecule has 0 unspecified atom stereocenters. The van der Waals surface area contributed by atoms with Gasteiger partial charge in [0.15, 0.2) is 0 Å². The Balaban J connectivity index is 1.56. The van der Waals surface area contributed by atoms with E-state index in [0.717, 1.165) is 18.4 Å². The fourth-order valence-corrected chi connectivity index (χ4v) is 2.16. The molecule has 2 amide bonds. The summed E-state index contributed by atoms with van der Waals surface area (Å²) in [7, 11) is 0. The number of hydrogen-bond donors (Lipinski definition) is 2. The Labute approximate surface area is 133 Å². The van der Waals surface area contributed by atoms with Crippen LogP contribution in [0.1, 0.15) is 39.1 Å². The molecule has 23 heavy (non-hydrogen) atoms. The van der Waals surface area contributed by atoms with Crippen molar-refractivity contribution in [3.8, 4) is 0 Å². The second-order valence-electron chi connectivity index (χ2n) is 5.63. The smallest absolute Gasteiger partial charge is 0.251 e. The van der Waals surface area contributed by atoms with Crippen LogP contribution in [-0.4, -0.2) is 17.9 Å². The van der Waals surface area contributed by atoms with Gasteiger partial charge in [0.1, 0.15) is 5.82 Å². The third kappa shape index (κ3) is 4.16. The zero-order valence-corrected chi connectivity index (χ0v) is 12.5. The van der Waals surface area contributed by atoms with Crippen LogP contribution < -0.4 is 10.6 Å². The summed E-state index contributed by atoms with van der Waals surface area (Å²) in [6, 6.07) is 12.8. The van der Waals surface area contributed by atoms with E-state index in [1.54, 1.807) is 36.4 Å². The van der Waals surface area contributed by atoms with Crippen molar-refractivity contribution in [2.24, 2.45) is 0 Å². The number of amides is 2. The lowest BCUT2D eigenvalue weighted by Gasteiger charge is -2.07. The van der Waals surface area contributed by atoms with Gasteiger partial charge in [-0.2, -0.15) is 0 Å². The van der Waals surface area contributed by atoms with Crippen molar-refractivity contribution in [1.29, 1.82) is 0 Å². The molecule has 3 rings (SSSR count). The van der Waals surface area contributed by atoms with Crippen LogP contribution in [0.5, 0.6) is 0 Å². The van der Waals surface area contributed by atoms with Crippen molar-refractivity contribution in [2.45, 2.75) is 25.4 Å². The fraction of sp³-hybridized carbons (Fsp3) is 0.222. The van der Waals surface area contributed by atoms with Crippen LogP contribution in [0, 0.1) is 5.82 Å². The zero-order chi connectivity index (χ0) is 16.2. The van der Waals surface area contributed by atoms with Crippen molar-refractivity contribution in [3.05, 3.63) is 71.0 Å². The van der Waals surface area contributed by atoms with Crippen molar-refractivity contribution in [1.82, 2.24) is 10.6 Å². The Morgan fingerprint density at radius 3 is 2.04 bits per heavy atom. The van der Waals surface area contributed by atoms with Gasteiger partial charge in [-0.3, -0.25) is 9.59 Å². The lowest BCUT2D eigenvalue weighted by atomic mass is 10.1. The van der Waals surface area contributed by atoms with E-state index in [-0.39, 0.29) is 17.6 Å². The average Bonchev–Trinajstić information content (AvgIpc) is 3.38. The van der Waals surface area contributed by atoms with E-state index in [2.05, 4.69) is 10.6 Å². The summed E-state index contributed by atoms with van der Waals surface area (Å²) >= 11 is 0. The van der Waals surface area contributed by atoms with Crippen LogP contribution in [0.2, 0.25) is 0 Å². The monoisotopic (exact) mass is 312 g/mol. The van der Waals surface area contributed by atoms with Gasteiger partial charge in [-0.1, -0.05) is 12.1 Å². The Morgan fingerprint density at radius 1 is 0.913 bits per heavy atom. The molecule has 1 fully saturated rings. The molecule has 0 aromatic heterocycles. The van der Waals surface area contributed by atoms with Gasteiger partial charge in [-0.05, 0) is 54.8 Å². The highest BCUT2D eigenvalue weighted by Gasteiger charge is 2.23. The molecule has 1 saturated carbocycles. The maximum absolute atomic E-state index is 12.8. The van der Waals surface area contributed by atoms with Crippen LogP contribution in [0.15, 0.2) is 48.5 Å². The largest absolute Gasteiger partial charge is 0.349 e. The van der Waals surface area contributed by atoms with Gasteiger partial charge in [0, 0.05) is 23.7 Å². The van der Waals surface area contributed by atoms with E-state index >= 15 is 0 Å². The van der Waals surface area contributed by atoms with E-state index < -0.39 is 0 Å². The lowest BCUT2D eigenvalue weighted by molar-refractivity contribution is 0.0939. The molecule has 0 atom stereocenters.